The van der Waals surface area contributed by atoms with Crippen molar-refractivity contribution in [1.82, 2.24) is 20.3 Å². The fourth-order valence-electron chi connectivity index (χ4n) is 3.22. The van der Waals surface area contributed by atoms with Crippen molar-refractivity contribution in [3.05, 3.63) is 24.3 Å². The third-order valence-electron chi connectivity index (χ3n) is 4.48. The van der Waals surface area contributed by atoms with Gasteiger partial charge < -0.3 is 4.90 Å². The van der Waals surface area contributed by atoms with Gasteiger partial charge in [-0.3, -0.25) is 5.43 Å². The van der Waals surface area contributed by atoms with Crippen LogP contribution in [0.15, 0.2) is 23.7 Å². The van der Waals surface area contributed by atoms with Gasteiger partial charge in [0.25, 0.3) is 0 Å². The van der Waals surface area contributed by atoms with Gasteiger partial charge in [-0.25, -0.2) is 9.97 Å². The predicted molar refractivity (Wildman–Crippen MR) is 87.0 cm³/mol. The van der Waals surface area contributed by atoms with Crippen LogP contribution in [-0.4, -0.2) is 38.8 Å². The Labute approximate surface area is 130 Å². The Balaban J connectivity index is 1.61. The Morgan fingerprint density at radius 2 is 1.95 bits per heavy atom. The van der Waals surface area contributed by atoms with E-state index in [1.54, 1.807) is 6.20 Å². The van der Waals surface area contributed by atoms with Crippen LogP contribution in [0.25, 0.3) is 0 Å². The van der Waals surface area contributed by atoms with E-state index in [-0.39, 0.29) is 0 Å². The molecule has 3 fully saturated rings. The number of hydrazone groups is 1. The molecule has 0 radical (unpaired) electrons. The van der Waals surface area contributed by atoms with Gasteiger partial charge in [-0.1, -0.05) is 0 Å². The third kappa shape index (κ3) is 3.56. The van der Waals surface area contributed by atoms with Gasteiger partial charge in [0.05, 0.1) is 11.4 Å². The van der Waals surface area contributed by atoms with Crippen molar-refractivity contribution < 1.29 is 0 Å². The first-order valence-electron chi connectivity index (χ1n) is 7.58. The molecule has 4 rings (SSSR count). The van der Waals surface area contributed by atoms with Crippen LogP contribution in [0.5, 0.6) is 0 Å². The van der Waals surface area contributed by atoms with Gasteiger partial charge in [-0.2, -0.15) is 5.10 Å². The highest BCUT2D eigenvalue weighted by Crippen LogP contribution is 2.33. The van der Waals surface area contributed by atoms with E-state index in [0.29, 0.717) is 0 Å². The van der Waals surface area contributed by atoms with Crippen molar-refractivity contribution in [2.24, 2.45) is 16.9 Å². The van der Waals surface area contributed by atoms with Gasteiger partial charge in [0.15, 0.2) is 5.11 Å². The zero-order valence-electron chi connectivity index (χ0n) is 12.3. The van der Waals surface area contributed by atoms with Gasteiger partial charge in [-0.15, -0.1) is 0 Å². The quantitative estimate of drug-likeness (QED) is 0.516. The summed E-state index contributed by atoms with van der Waals surface area (Å²) in [7, 11) is 0. The molecule has 0 amide bonds. The molecule has 2 saturated heterocycles. The lowest BCUT2D eigenvalue weighted by Crippen LogP contribution is -2.40. The Morgan fingerprint density at radius 3 is 2.52 bits per heavy atom. The molecule has 2 bridgehead atoms. The van der Waals surface area contributed by atoms with Crippen molar-refractivity contribution in [3.8, 4) is 0 Å². The van der Waals surface area contributed by atoms with Gasteiger partial charge in [0.2, 0.25) is 0 Å². The van der Waals surface area contributed by atoms with Crippen molar-refractivity contribution in [2.45, 2.75) is 32.6 Å². The molecule has 1 N–H and O–H groups in total. The lowest BCUT2D eigenvalue weighted by molar-refractivity contribution is 0.326. The second-order valence-electron chi connectivity index (χ2n) is 6.00. The Kier molecular flexibility index (Phi) is 4.43. The van der Waals surface area contributed by atoms with Crippen molar-refractivity contribution in [1.29, 1.82) is 0 Å². The summed E-state index contributed by atoms with van der Waals surface area (Å²) in [5, 5.41) is 5.10. The van der Waals surface area contributed by atoms with Crippen molar-refractivity contribution >= 4 is 23.0 Å². The monoisotopic (exact) mass is 303 g/mol. The number of aromatic nitrogens is 2. The maximum Gasteiger partial charge on any atom is 0.189 e. The molecule has 1 aliphatic carbocycles. The summed E-state index contributed by atoms with van der Waals surface area (Å²) in [4.78, 5) is 10.4. The van der Waals surface area contributed by atoms with Crippen LogP contribution in [-0.2, 0) is 0 Å². The molecule has 0 spiro atoms. The van der Waals surface area contributed by atoms with Gasteiger partial charge >= 0.3 is 0 Å². The number of nitrogens with one attached hydrogen (secondary N) is 1. The molecule has 6 heteroatoms. The molecule has 1 aromatic heterocycles. The zero-order valence-corrected chi connectivity index (χ0v) is 13.1. The number of rotatable bonds is 2. The largest absolute Gasteiger partial charge is 0.347 e. The Morgan fingerprint density at radius 1 is 1.29 bits per heavy atom. The highest BCUT2D eigenvalue weighted by molar-refractivity contribution is 7.80. The molecular weight excluding hydrogens is 282 g/mol. The summed E-state index contributed by atoms with van der Waals surface area (Å²) >= 11 is 5.51. The lowest BCUT2D eigenvalue weighted by Gasteiger charge is -2.24. The van der Waals surface area contributed by atoms with Crippen LogP contribution in [0.3, 0.4) is 0 Å². The number of hydrogen-bond acceptors (Lipinski definition) is 4. The minimum absolute atomic E-state index is 0.738. The van der Waals surface area contributed by atoms with E-state index >= 15 is 0 Å². The topological polar surface area (TPSA) is 53.4 Å². The minimum atomic E-state index is 0.738. The first kappa shape index (κ1) is 14.4. The third-order valence-corrected chi connectivity index (χ3v) is 4.83. The van der Waals surface area contributed by atoms with Crippen molar-refractivity contribution in [3.63, 3.8) is 0 Å². The molecule has 3 aliphatic rings. The average molecular weight is 303 g/mol. The van der Waals surface area contributed by atoms with E-state index in [9.17, 15) is 0 Å². The van der Waals surface area contributed by atoms with Crippen LogP contribution in [0.4, 0.5) is 0 Å². The zero-order chi connectivity index (χ0) is 14.7. The fraction of sp³-hybridized carbons (Fsp3) is 0.600. The second kappa shape index (κ2) is 6.47. The normalized spacial score (nSPS) is 25.6. The van der Waals surface area contributed by atoms with E-state index in [0.717, 1.165) is 41.4 Å². The highest BCUT2D eigenvalue weighted by atomic mass is 32.1. The Bertz CT molecular complexity index is 508. The lowest BCUT2D eigenvalue weighted by atomic mass is 9.84. The first-order valence-corrected chi connectivity index (χ1v) is 7.99. The summed E-state index contributed by atoms with van der Waals surface area (Å²) in [5.41, 5.74) is 4.67. The maximum atomic E-state index is 5.51. The summed E-state index contributed by atoms with van der Waals surface area (Å²) in [5.74, 6) is 1.60. The minimum Gasteiger partial charge on any atom is -0.347 e. The second-order valence-corrected chi connectivity index (χ2v) is 6.39. The smallest absolute Gasteiger partial charge is 0.189 e. The van der Waals surface area contributed by atoms with E-state index in [4.69, 9.17) is 12.2 Å². The molecule has 2 aliphatic heterocycles. The first-order chi connectivity index (χ1) is 10.2. The fourth-order valence-corrected chi connectivity index (χ4v) is 3.42. The molecule has 1 saturated carbocycles. The highest BCUT2D eigenvalue weighted by Gasteiger charge is 2.30. The SMILES string of the molecule is C/C(=N/NC(=S)N1CC2CCC(CC2)C1)c1ccncn1. The average Bonchev–Trinajstić information content (AvgIpc) is 2.87. The van der Waals surface area contributed by atoms with Crippen LogP contribution in [0.2, 0.25) is 0 Å². The van der Waals surface area contributed by atoms with Crippen molar-refractivity contribution in [2.75, 3.05) is 13.1 Å². The van der Waals surface area contributed by atoms with Crippen LogP contribution >= 0.6 is 12.2 Å². The number of fused-ring (bicyclic) bond motifs is 4. The summed E-state index contributed by atoms with van der Waals surface area (Å²) in [6.45, 7) is 4.07. The molecule has 0 aromatic carbocycles. The van der Waals surface area contributed by atoms with Gasteiger partial charge in [0, 0.05) is 19.3 Å². The molecule has 112 valence electrons. The molecule has 5 nitrogen and oxygen atoms in total. The maximum absolute atomic E-state index is 5.51. The number of thiocarbonyl (C=S) groups is 1. The number of nitrogens with zero attached hydrogens (tertiary/aromatic N) is 4. The van der Waals surface area contributed by atoms with E-state index in [2.05, 4.69) is 25.4 Å². The van der Waals surface area contributed by atoms with Crippen LogP contribution in [0.1, 0.15) is 38.3 Å². The van der Waals surface area contributed by atoms with Gasteiger partial charge in [0.1, 0.15) is 6.33 Å². The molecule has 0 atom stereocenters. The molecule has 1 aromatic rings. The summed E-state index contributed by atoms with van der Waals surface area (Å²) in [6, 6.07) is 1.84. The molecule has 21 heavy (non-hydrogen) atoms. The van der Waals surface area contributed by atoms with Crippen LogP contribution < -0.4 is 5.43 Å². The Hall–Kier alpha value is -1.56. The standard InChI is InChI=1S/C15H21N5S/c1-11(14-6-7-16-10-17-14)18-19-15(21)20-8-12-2-3-13(9-20)5-4-12/h6-7,10,12-13H,2-5,8-9H2,1H3,(H,19,21)/b18-11-. The molecule has 3 heterocycles. The predicted octanol–water partition coefficient (Wildman–Crippen LogP) is 2.20. The van der Waals surface area contributed by atoms with E-state index in [1.165, 1.54) is 32.0 Å². The molecular formula is C15H21N5S. The summed E-state index contributed by atoms with van der Waals surface area (Å²) < 4.78 is 0. The van der Waals surface area contributed by atoms with E-state index in [1.807, 2.05) is 13.0 Å². The van der Waals surface area contributed by atoms with Gasteiger partial charge in [-0.05, 0) is 62.7 Å². The molecule has 0 unspecified atom stereocenters. The number of hydrogen-bond donors (Lipinski definition) is 1. The van der Waals surface area contributed by atoms with Crippen LogP contribution in [0, 0.1) is 11.8 Å². The van der Waals surface area contributed by atoms with E-state index < -0.39 is 0 Å². The summed E-state index contributed by atoms with van der Waals surface area (Å²) in [6.07, 6.45) is 8.66.